The molecule has 2 aromatic rings. The fourth-order valence-corrected chi connectivity index (χ4v) is 3.46. The van der Waals surface area contributed by atoms with Crippen molar-refractivity contribution in [2.45, 2.75) is 31.1 Å². The lowest BCUT2D eigenvalue weighted by atomic mass is 10.2. The van der Waals surface area contributed by atoms with E-state index < -0.39 is 9.84 Å². The van der Waals surface area contributed by atoms with Gasteiger partial charge in [0.05, 0.1) is 11.5 Å². The molecule has 0 fully saturated rings. The van der Waals surface area contributed by atoms with E-state index in [4.69, 9.17) is 4.74 Å². The van der Waals surface area contributed by atoms with Gasteiger partial charge in [-0.3, -0.25) is 0 Å². The number of ether oxygens (including phenoxy) is 1. The number of nitriles is 1. The first-order chi connectivity index (χ1) is 12.1. The average Bonchev–Trinajstić information content (AvgIpc) is 2.64. The van der Waals surface area contributed by atoms with Gasteiger partial charge in [-0.05, 0) is 42.3 Å². The first-order valence-corrected chi connectivity index (χ1v) is 9.71. The zero-order chi connectivity index (χ0) is 18.1. The molecule has 130 valence electrons. The monoisotopic (exact) mass is 355 g/mol. The predicted octanol–water partition coefficient (Wildman–Crippen LogP) is 4.59. The summed E-state index contributed by atoms with van der Waals surface area (Å²) in [6.45, 7) is 2.75. The van der Waals surface area contributed by atoms with Crippen LogP contribution in [0.15, 0.2) is 64.4 Å². The Morgan fingerprint density at radius 3 is 2.56 bits per heavy atom. The Balaban J connectivity index is 2.24. The van der Waals surface area contributed by atoms with Crippen molar-refractivity contribution < 1.29 is 13.2 Å². The number of sulfone groups is 1. The maximum Gasteiger partial charge on any atom is 0.216 e. The topological polar surface area (TPSA) is 67.2 Å². The molecule has 0 saturated heterocycles. The maximum atomic E-state index is 12.6. The third-order valence-corrected chi connectivity index (χ3v) is 5.31. The third-order valence-electron chi connectivity index (χ3n) is 3.63. The Kier molecular flexibility index (Phi) is 6.79. The van der Waals surface area contributed by atoms with Gasteiger partial charge in [-0.15, -0.1) is 0 Å². The number of allylic oxidation sites excluding steroid dienone is 1. The minimum absolute atomic E-state index is 0.106. The first-order valence-electron chi connectivity index (χ1n) is 8.22. The highest BCUT2D eigenvalue weighted by atomic mass is 32.2. The highest BCUT2D eigenvalue weighted by molar-refractivity contribution is 7.95. The summed E-state index contributed by atoms with van der Waals surface area (Å²) in [5.74, 6) is 0.666. The van der Waals surface area contributed by atoms with Crippen LogP contribution in [-0.4, -0.2) is 15.0 Å². The molecule has 0 bridgehead atoms. The lowest BCUT2D eigenvalue weighted by Gasteiger charge is -2.07. The SMILES string of the molecule is CCCCCOc1cccc(/C=C(/C#N)S(=O)(=O)c2ccccc2)c1. The molecule has 0 atom stereocenters. The van der Waals surface area contributed by atoms with Crippen LogP contribution in [0.1, 0.15) is 31.7 Å². The van der Waals surface area contributed by atoms with Crippen LogP contribution in [-0.2, 0) is 9.84 Å². The van der Waals surface area contributed by atoms with Crippen molar-refractivity contribution in [2.75, 3.05) is 6.61 Å². The molecule has 0 amide bonds. The van der Waals surface area contributed by atoms with E-state index in [1.165, 1.54) is 18.2 Å². The molecule has 0 radical (unpaired) electrons. The molecule has 0 aliphatic heterocycles. The molecule has 0 aliphatic carbocycles. The summed E-state index contributed by atoms with van der Waals surface area (Å²) in [6, 6.07) is 16.8. The standard InChI is InChI=1S/C20H21NO3S/c1-2-3-7-13-24-18-10-8-9-17(14-18)15-20(16-21)25(22,23)19-11-5-4-6-12-19/h4-6,8-12,14-15H,2-3,7,13H2,1H3/b20-15-. The van der Waals surface area contributed by atoms with Crippen molar-refractivity contribution in [3.63, 3.8) is 0 Å². The lowest BCUT2D eigenvalue weighted by Crippen LogP contribution is -2.03. The molecule has 2 aromatic carbocycles. The fraction of sp³-hybridized carbons (Fsp3) is 0.250. The summed E-state index contributed by atoms with van der Waals surface area (Å²) in [5.41, 5.74) is 0.615. The van der Waals surface area contributed by atoms with Crippen molar-refractivity contribution in [1.29, 1.82) is 5.26 Å². The van der Waals surface area contributed by atoms with Gasteiger partial charge in [0, 0.05) is 0 Å². The number of hydrogen-bond acceptors (Lipinski definition) is 4. The van der Waals surface area contributed by atoms with Gasteiger partial charge in [0.15, 0.2) is 0 Å². The van der Waals surface area contributed by atoms with Crippen molar-refractivity contribution in [2.24, 2.45) is 0 Å². The maximum absolute atomic E-state index is 12.6. The smallest absolute Gasteiger partial charge is 0.216 e. The van der Waals surface area contributed by atoms with Crippen LogP contribution in [0.4, 0.5) is 0 Å². The van der Waals surface area contributed by atoms with Gasteiger partial charge < -0.3 is 4.74 Å². The molecule has 25 heavy (non-hydrogen) atoms. The summed E-state index contributed by atoms with van der Waals surface area (Å²) in [5, 5.41) is 9.33. The van der Waals surface area contributed by atoms with Crippen molar-refractivity contribution in [3.05, 3.63) is 65.1 Å². The summed E-state index contributed by atoms with van der Waals surface area (Å²) in [4.78, 5) is -0.184. The van der Waals surface area contributed by atoms with Gasteiger partial charge in [0.25, 0.3) is 0 Å². The molecule has 0 aromatic heterocycles. The van der Waals surface area contributed by atoms with Gasteiger partial charge in [0.1, 0.15) is 16.7 Å². The van der Waals surface area contributed by atoms with E-state index in [0.29, 0.717) is 17.9 Å². The summed E-state index contributed by atoms with van der Waals surface area (Å²) < 4.78 is 30.8. The lowest BCUT2D eigenvalue weighted by molar-refractivity contribution is 0.306. The molecule has 0 spiro atoms. The number of hydrogen-bond donors (Lipinski definition) is 0. The van der Waals surface area contributed by atoms with Crippen LogP contribution in [0.5, 0.6) is 5.75 Å². The van der Waals surface area contributed by atoms with Crippen LogP contribution in [0.25, 0.3) is 6.08 Å². The number of rotatable bonds is 8. The van der Waals surface area contributed by atoms with Gasteiger partial charge in [-0.1, -0.05) is 50.1 Å². The second-order valence-corrected chi connectivity index (χ2v) is 7.48. The van der Waals surface area contributed by atoms with E-state index >= 15 is 0 Å². The summed E-state index contributed by atoms with van der Waals surface area (Å²) >= 11 is 0. The molecule has 0 aliphatic rings. The second kappa shape index (κ2) is 9.05. The quantitative estimate of drug-likeness (QED) is 0.513. The number of nitrogens with zero attached hydrogens (tertiary/aromatic N) is 1. The molecule has 5 heteroatoms. The Hall–Kier alpha value is -2.58. The Bertz CT molecular complexity index is 865. The normalized spacial score (nSPS) is 11.8. The van der Waals surface area contributed by atoms with Gasteiger partial charge >= 0.3 is 0 Å². The third kappa shape index (κ3) is 5.20. The fourth-order valence-electron chi connectivity index (χ4n) is 2.28. The van der Waals surface area contributed by atoms with E-state index in [1.54, 1.807) is 42.5 Å². The first kappa shape index (κ1) is 18.8. The van der Waals surface area contributed by atoms with Crippen LogP contribution in [0.3, 0.4) is 0 Å². The summed E-state index contributed by atoms with van der Waals surface area (Å²) in [7, 11) is -3.83. The summed E-state index contributed by atoms with van der Waals surface area (Å²) in [6.07, 6.45) is 4.58. The molecule has 0 N–H and O–H groups in total. The minimum atomic E-state index is -3.83. The van der Waals surface area contributed by atoms with E-state index in [2.05, 4.69) is 6.92 Å². The van der Waals surface area contributed by atoms with E-state index in [1.807, 2.05) is 6.07 Å². The number of unbranched alkanes of at least 4 members (excludes halogenated alkanes) is 2. The molecular weight excluding hydrogens is 334 g/mol. The van der Waals surface area contributed by atoms with Crippen molar-refractivity contribution in [1.82, 2.24) is 0 Å². The molecular formula is C20H21NO3S. The highest BCUT2D eigenvalue weighted by Gasteiger charge is 2.20. The van der Waals surface area contributed by atoms with Crippen molar-refractivity contribution >= 4 is 15.9 Å². The Morgan fingerprint density at radius 1 is 1.12 bits per heavy atom. The molecule has 0 unspecified atom stereocenters. The zero-order valence-corrected chi connectivity index (χ0v) is 15.0. The van der Waals surface area contributed by atoms with Gasteiger partial charge in [-0.2, -0.15) is 5.26 Å². The van der Waals surface area contributed by atoms with Gasteiger partial charge in [0.2, 0.25) is 9.84 Å². The van der Waals surface area contributed by atoms with E-state index in [-0.39, 0.29) is 9.80 Å². The van der Waals surface area contributed by atoms with Crippen molar-refractivity contribution in [3.8, 4) is 11.8 Å². The molecule has 2 rings (SSSR count). The highest BCUT2D eigenvalue weighted by Crippen LogP contribution is 2.22. The largest absolute Gasteiger partial charge is 0.494 e. The average molecular weight is 355 g/mol. The van der Waals surface area contributed by atoms with Crippen LogP contribution in [0, 0.1) is 11.3 Å². The predicted molar refractivity (Wildman–Crippen MR) is 98.7 cm³/mol. The van der Waals surface area contributed by atoms with Crippen LogP contribution < -0.4 is 4.74 Å². The molecule has 4 nitrogen and oxygen atoms in total. The molecule has 0 heterocycles. The number of benzene rings is 2. The van der Waals surface area contributed by atoms with Crippen LogP contribution >= 0.6 is 0 Å². The Labute approximate surface area is 149 Å². The minimum Gasteiger partial charge on any atom is -0.494 e. The van der Waals surface area contributed by atoms with E-state index in [9.17, 15) is 13.7 Å². The van der Waals surface area contributed by atoms with Crippen LogP contribution in [0.2, 0.25) is 0 Å². The zero-order valence-electron chi connectivity index (χ0n) is 14.2. The van der Waals surface area contributed by atoms with Gasteiger partial charge in [-0.25, -0.2) is 8.42 Å². The Morgan fingerprint density at radius 2 is 1.88 bits per heavy atom. The van der Waals surface area contributed by atoms with E-state index in [0.717, 1.165) is 19.3 Å². The second-order valence-electron chi connectivity index (χ2n) is 5.56. The molecule has 0 saturated carbocycles.